The highest BCUT2D eigenvalue weighted by atomic mass is 16.3. The van der Waals surface area contributed by atoms with Crippen LogP contribution in [0.5, 0.6) is 0 Å². The van der Waals surface area contributed by atoms with Crippen molar-refractivity contribution in [3.8, 4) is 11.3 Å². The minimum Gasteiger partial charge on any atom is -0.455 e. The Morgan fingerprint density at radius 3 is 2.36 bits per heavy atom. The summed E-state index contributed by atoms with van der Waals surface area (Å²) in [7, 11) is 0. The van der Waals surface area contributed by atoms with Crippen molar-refractivity contribution in [1.82, 2.24) is 0 Å². The Balaban J connectivity index is 2.39. The molecule has 2 rings (SSSR count). The molecular weight excluding hydrogens is 174 g/mol. The van der Waals surface area contributed by atoms with Gasteiger partial charge in [0.2, 0.25) is 0 Å². The van der Waals surface area contributed by atoms with Crippen molar-refractivity contribution < 1.29 is 4.42 Å². The van der Waals surface area contributed by atoms with Crippen LogP contribution in [-0.2, 0) is 0 Å². The highest BCUT2D eigenvalue weighted by molar-refractivity contribution is 5.94. The molecule has 1 heterocycles. The van der Waals surface area contributed by atoms with E-state index < -0.39 is 0 Å². The molecule has 0 bridgehead atoms. The van der Waals surface area contributed by atoms with E-state index in [-0.39, 0.29) is 0 Å². The topological polar surface area (TPSA) is 37.0 Å². The zero-order valence-electron chi connectivity index (χ0n) is 7.95. The molecule has 0 amide bonds. The molecule has 0 spiro atoms. The van der Waals surface area contributed by atoms with Crippen LogP contribution in [0.3, 0.4) is 0 Å². The lowest BCUT2D eigenvalue weighted by Crippen LogP contribution is -1.86. The van der Waals surface area contributed by atoms with Gasteiger partial charge in [0, 0.05) is 5.56 Å². The summed E-state index contributed by atoms with van der Waals surface area (Å²) < 4.78 is 5.51. The van der Waals surface area contributed by atoms with E-state index in [0.29, 0.717) is 11.5 Å². The van der Waals surface area contributed by atoms with Gasteiger partial charge < -0.3 is 9.83 Å². The normalized spacial score (nSPS) is 10.1. The molecule has 1 N–H and O–H groups in total. The SMILES string of the molecule is CC(=N)c1ccc(-c2ccccc2)o1. The molecule has 0 radical (unpaired) electrons. The second kappa shape index (κ2) is 3.50. The first kappa shape index (κ1) is 8.75. The zero-order chi connectivity index (χ0) is 9.97. The van der Waals surface area contributed by atoms with Gasteiger partial charge in [-0.15, -0.1) is 0 Å². The number of hydrogen-bond acceptors (Lipinski definition) is 2. The molecule has 14 heavy (non-hydrogen) atoms. The average Bonchev–Trinajstić information content (AvgIpc) is 2.68. The van der Waals surface area contributed by atoms with Gasteiger partial charge in [0.15, 0.2) is 0 Å². The lowest BCUT2D eigenvalue weighted by molar-refractivity contribution is 0.571. The maximum absolute atomic E-state index is 7.42. The monoisotopic (exact) mass is 185 g/mol. The second-order valence-electron chi connectivity index (χ2n) is 3.15. The molecule has 0 atom stereocenters. The van der Waals surface area contributed by atoms with Crippen LogP contribution < -0.4 is 0 Å². The quantitative estimate of drug-likeness (QED) is 0.716. The number of rotatable bonds is 2. The average molecular weight is 185 g/mol. The first-order valence-electron chi connectivity index (χ1n) is 4.48. The number of hydrogen-bond donors (Lipinski definition) is 1. The van der Waals surface area contributed by atoms with Crippen LogP contribution in [0.1, 0.15) is 12.7 Å². The van der Waals surface area contributed by atoms with E-state index in [2.05, 4.69) is 0 Å². The molecule has 0 saturated heterocycles. The van der Waals surface area contributed by atoms with Gasteiger partial charge in [-0.05, 0) is 19.1 Å². The largest absolute Gasteiger partial charge is 0.455 e. The Bertz CT molecular complexity index is 442. The minimum absolute atomic E-state index is 0.451. The maximum Gasteiger partial charge on any atom is 0.148 e. The summed E-state index contributed by atoms with van der Waals surface area (Å²) >= 11 is 0. The van der Waals surface area contributed by atoms with E-state index in [1.807, 2.05) is 42.5 Å². The first-order chi connectivity index (χ1) is 6.77. The standard InChI is InChI=1S/C12H11NO/c1-9(13)11-7-8-12(14-11)10-5-3-2-4-6-10/h2-8,13H,1H3. The molecule has 2 nitrogen and oxygen atoms in total. The molecule has 0 aliphatic rings. The molecule has 0 unspecified atom stereocenters. The van der Waals surface area contributed by atoms with Crippen molar-refractivity contribution in [3.05, 3.63) is 48.2 Å². The van der Waals surface area contributed by atoms with Gasteiger partial charge in [-0.25, -0.2) is 0 Å². The third-order valence-electron chi connectivity index (χ3n) is 2.03. The molecule has 0 aliphatic carbocycles. The summed E-state index contributed by atoms with van der Waals surface area (Å²) in [6.45, 7) is 1.72. The van der Waals surface area contributed by atoms with Crippen molar-refractivity contribution >= 4 is 5.71 Å². The zero-order valence-corrected chi connectivity index (χ0v) is 7.95. The van der Waals surface area contributed by atoms with Crippen molar-refractivity contribution in [3.63, 3.8) is 0 Å². The Morgan fingerprint density at radius 2 is 1.79 bits per heavy atom. The lowest BCUT2D eigenvalue weighted by atomic mass is 10.2. The van der Waals surface area contributed by atoms with Gasteiger partial charge in [0.25, 0.3) is 0 Å². The van der Waals surface area contributed by atoms with Gasteiger partial charge in [0.1, 0.15) is 11.5 Å². The van der Waals surface area contributed by atoms with E-state index >= 15 is 0 Å². The van der Waals surface area contributed by atoms with Gasteiger partial charge in [0.05, 0.1) is 5.71 Å². The first-order valence-corrected chi connectivity index (χ1v) is 4.48. The predicted molar refractivity (Wildman–Crippen MR) is 56.6 cm³/mol. The van der Waals surface area contributed by atoms with Crippen molar-refractivity contribution in [1.29, 1.82) is 5.41 Å². The summed E-state index contributed by atoms with van der Waals surface area (Å²) in [5.74, 6) is 1.44. The van der Waals surface area contributed by atoms with E-state index in [0.717, 1.165) is 11.3 Å². The van der Waals surface area contributed by atoms with Crippen molar-refractivity contribution in [2.24, 2.45) is 0 Å². The smallest absolute Gasteiger partial charge is 0.148 e. The van der Waals surface area contributed by atoms with Gasteiger partial charge in [-0.1, -0.05) is 30.3 Å². The molecule has 1 aromatic carbocycles. The Labute approximate surface area is 82.7 Å². The van der Waals surface area contributed by atoms with Gasteiger partial charge in [-0.2, -0.15) is 0 Å². The molecular formula is C12H11NO. The molecule has 70 valence electrons. The van der Waals surface area contributed by atoms with Crippen molar-refractivity contribution in [2.75, 3.05) is 0 Å². The number of benzene rings is 1. The molecule has 0 saturated carbocycles. The fraction of sp³-hybridized carbons (Fsp3) is 0.0833. The Hall–Kier alpha value is -1.83. The molecule has 2 heteroatoms. The summed E-state index contributed by atoms with van der Waals surface area (Å²) in [5.41, 5.74) is 1.49. The third-order valence-corrected chi connectivity index (χ3v) is 2.03. The lowest BCUT2D eigenvalue weighted by Gasteiger charge is -1.95. The van der Waals surface area contributed by atoms with Crippen LogP contribution in [-0.4, -0.2) is 5.71 Å². The van der Waals surface area contributed by atoms with Crippen LogP contribution in [0, 0.1) is 5.41 Å². The molecule has 0 aliphatic heterocycles. The second-order valence-corrected chi connectivity index (χ2v) is 3.15. The van der Waals surface area contributed by atoms with Crippen LogP contribution >= 0.6 is 0 Å². The van der Waals surface area contributed by atoms with E-state index in [1.54, 1.807) is 6.92 Å². The Kier molecular flexibility index (Phi) is 2.19. The molecule has 1 aromatic heterocycles. The summed E-state index contributed by atoms with van der Waals surface area (Å²) in [6, 6.07) is 13.6. The summed E-state index contributed by atoms with van der Waals surface area (Å²) in [4.78, 5) is 0. The van der Waals surface area contributed by atoms with Crippen LogP contribution in [0.25, 0.3) is 11.3 Å². The fourth-order valence-electron chi connectivity index (χ4n) is 1.30. The predicted octanol–water partition coefficient (Wildman–Crippen LogP) is 3.33. The van der Waals surface area contributed by atoms with Crippen molar-refractivity contribution in [2.45, 2.75) is 6.92 Å². The molecule has 0 fully saturated rings. The minimum atomic E-state index is 0.451. The molecule has 2 aromatic rings. The Morgan fingerprint density at radius 1 is 1.07 bits per heavy atom. The summed E-state index contributed by atoms with van der Waals surface area (Å²) in [6.07, 6.45) is 0. The summed E-state index contributed by atoms with van der Waals surface area (Å²) in [5, 5.41) is 7.42. The van der Waals surface area contributed by atoms with Crippen LogP contribution in [0.15, 0.2) is 46.9 Å². The number of nitrogens with one attached hydrogen (secondary N) is 1. The maximum atomic E-state index is 7.42. The van der Waals surface area contributed by atoms with E-state index in [9.17, 15) is 0 Å². The van der Waals surface area contributed by atoms with Crippen LogP contribution in [0.2, 0.25) is 0 Å². The van der Waals surface area contributed by atoms with Gasteiger partial charge in [-0.3, -0.25) is 0 Å². The van der Waals surface area contributed by atoms with Gasteiger partial charge >= 0.3 is 0 Å². The highest BCUT2D eigenvalue weighted by Crippen LogP contribution is 2.21. The fourth-order valence-corrected chi connectivity index (χ4v) is 1.30. The van der Waals surface area contributed by atoms with Crippen LogP contribution in [0.4, 0.5) is 0 Å². The third kappa shape index (κ3) is 1.59. The highest BCUT2D eigenvalue weighted by Gasteiger charge is 2.04. The number of furan rings is 1. The van der Waals surface area contributed by atoms with E-state index in [4.69, 9.17) is 9.83 Å². The van der Waals surface area contributed by atoms with E-state index in [1.165, 1.54) is 0 Å².